The maximum atomic E-state index is 11.9. The van der Waals surface area contributed by atoms with Gasteiger partial charge in [0.1, 0.15) is 5.75 Å². The predicted molar refractivity (Wildman–Crippen MR) is 88.7 cm³/mol. The van der Waals surface area contributed by atoms with Crippen LogP contribution in [0, 0.1) is 0 Å². The van der Waals surface area contributed by atoms with Gasteiger partial charge in [-0.05, 0) is 30.3 Å². The lowest BCUT2D eigenvalue weighted by atomic mass is 10.3. The van der Waals surface area contributed by atoms with E-state index >= 15 is 0 Å². The zero-order chi connectivity index (χ0) is 16.8. The Morgan fingerprint density at radius 2 is 1.70 bits per heavy atom. The van der Waals surface area contributed by atoms with Crippen molar-refractivity contribution < 1.29 is 19.4 Å². The topological polar surface area (TPSA) is 87.7 Å². The number of rotatable bonds is 5. The van der Waals surface area contributed by atoms with E-state index in [0.717, 1.165) is 0 Å². The highest BCUT2D eigenvalue weighted by Gasteiger charge is 2.06. The van der Waals surface area contributed by atoms with Gasteiger partial charge < -0.3 is 20.5 Å². The molecule has 3 N–H and O–H groups in total. The molecule has 0 spiro atoms. The van der Waals surface area contributed by atoms with Gasteiger partial charge in [0.2, 0.25) is 0 Å². The number of halogens is 2. The van der Waals surface area contributed by atoms with Crippen LogP contribution < -0.4 is 15.4 Å². The monoisotopic (exact) mass is 354 g/mol. The lowest BCUT2D eigenvalue weighted by Crippen LogP contribution is -2.19. The van der Waals surface area contributed by atoms with E-state index in [4.69, 9.17) is 33.0 Å². The van der Waals surface area contributed by atoms with Crippen LogP contribution in [0.25, 0.3) is 0 Å². The maximum absolute atomic E-state index is 11.9. The highest BCUT2D eigenvalue weighted by Crippen LogP contribution is 2.25. The van der Waals surface area contributed by atoms with Crippen molar-refractivity contribution in [3.8, 4) is 5.75 Å². The molecule has 0 heterocycles. The van der Waals surface area contributed by atoms with Gasteiger partial charge in [0, 0.05) is 17.4 Å². The molecule has 2 aromatic rings. The van der Waals surface area contributed by atoms with Gasteiger partial charge in [-0.3, -0.25) is 0 Å². The van der Waals surface area contributed by atoms with Crippen LogP contribution in [-0.2, 0) is 4.79 Å². The number of urea groups is 1. The summed E-state index contributed by atoms with van der Waals surface area (Å²) in [7, 11) is 0. The molecule has 0 saturated heterocycles. The molecule has 2 amide bonds. The number of carboxylic acid groups (broad SMARTS) is 1. The zero-order valence-electron chi connectivity index (χ0n) is 11.7. The van der Waals surface area contributed by atoms with E-state index in [0.29, 0.717) is 27.2 Å². The van der Waals surface area contributed by atoms with Crippen molar-refractivity contribution in [2.24, 2.45) is 0 Å². The van der Waals surface area contributed by atoms with Gasteiger partial charge in [0.05, 0.1) is 10.0 Å². The van der Waals surface area contributed by atoms with Crippen molar-refractivity contribution in [3.63, 3.8) is 0 Å². The third-order valence-corrected chi connectivity index (χ3v) is 3.37. The fourth-order valence-electron chi connectivity index (χ4n) is 1.68. The maximum Gasteiger partial charge on any atom is 0.341 e. The van der Waals surface area contributed by atoms with Crippen molar-refractivity contribution in [3.05, 3.63) is 52.5 Å². The molecule has 0 aliphatic rings. The van der Waals surface area contributed by atoms with Gasteiger partial charge in [-0.15, -0.1) is 0 Å². The van der Waals surface area contributed by atoms with Gasteiger partial charge >= 0.3 is 12.0 Å². The van der Waals surface area contributed by atoms with E-state index in [-0.39, 0.29) is 0 Å². The van der Waals surface area contributed by atoms with Gasteiger partial charge in [0.25, 0.3) is 0 Å². The second kappa shape index (κ2) is 7.71. The average Bonchev–Trinajstić information content (AvgIpc) is 2.49. The molecule has 0 atom stereocenters. The first-order valence-corrected chi connectivity index (χ1v) is 7.17. The van der Waals surface area contributed by atoms with Crippen LogP contribution in [0.4, 0.5) is 16.2 Å². The molecule has 6 nitrogen and oxygen atoms in total. The van der Waals surface area contributed by atoms with Crippen LogP contribution in [0.1, 0.15) is 0 Å². The minimum atomic E-state index is -1.08. The quantitative estimate of drug-likeness (QED) is 0.754. The molecule has 0 bridgehead atoms. The minimum absolute atomic E-state index is 0.327. The lowest BCUT2D eigenvalue weighted by Gasteiger charge is -2.10. The van der Waals surface area contributed by atoms with Crippen molar-refractivity contribution in [2.75, 3.05) is 17.2 Å². The number of anilines is 2. The van der Waals surface area contributed by atoms with Crippen LogP contribution in [0.3, 0.4) is 0 Å². The minimum Gasteiger partial charge on any atom is -0.482 e. The summed E-state index contributed by atoms with van der Waals surface area (Å²) in [6.07, 6.45) is 0. The molecule has 2 rings (SSSR count). The summed E-state index contributed by atoms with van der Waals surface area (Å²) in [4.78, 5) is 22.4. The number of nitrogens with one attached hydrogen (secondary N) is 2. The second-order valence-electron chi connectivity index (χ2n) is 4.42. The number of carboxylic acids is 1. The van der Waals surface area contributed by atoms with Crippen molar-refractivity contribution in [1.29, 1.82) is 0 Å². The summed E-state index contributed by atoms with van der Waals surface area (Å²) in [5.41, 5.74) is 0.931. The van der Waals surface area contributed by atoms with Gasteiger partial charge in [-0.2, -0.15) is 0 Å². The normalized spacial score (nSPS) is 10.0. The van der Waals surface area contributed by atoms with E-state index in [1.807, 2.05) is 0 Å². The van der Waals surface area contributed by atoms with Crippen LogP contribution in [0.5, 0.6) is 5.75 Å². The molecule has 0 aromatic heterocycles. The standard InChI is InChI=1S/C15H12Cl2N2O4/c16-12-5-4-10(7-13(12)17)19-15(22)18-9-2-1-3-11(6-9)23-8-14(20)21/h1-7H,8H2,(H,20,21)(H2,18,19,22). The van der Waals surface area contributed by atoms with Gasteiger partial charge in [0.15, 0.2) is 6.61 Å². The Balaban J connectivity index is 1.98. The fraction of sp³-hybridized carbons (Fsp3) is 0.0667. The molecular formula is C15H12Cl2N2O4. The van der Waals surface area contributed by atoms with Crippen LogP contribution in [0.2, 0.25) is 10.0 Å². The largest absolute Gasteiger partial charge is 0.482 e. The number of carbonyl (C=O) groups is 2. The number of aliphatic carboxylic acids is 1. The first-order valence-electron chi connectivity index (χ1n) is 6.42. The Labute approximate surface area is 142 Å². The van der Waals surface area contributed by atoms with Gasteiger partial charge in [-0.1, -0.05) is 29.3 Å². The summed E-state index contributed by atoms with van der Waals surface area (Å²) in [5.74, 6) is -0.750. The van der Waals surface area contributed by atoms with Crippen molar-refractivity contribution in [1.82, 2.24) is 0 Å². The number of amides is 2. The molecule has 0 fully saturated rings. The smallest absolute Gasteiger partial charge is 0.341 e. The number of hydrogen-bond acceptors (Lipinski definition) is 3. The summed E-state index contributed by atoms with van der Waals surface area (Å²) >= 11 is 11.7. The molecule has 0 unspecified atom stereocenters. The third-order valence-electron chi connectivity index (χ3n) is 2.63. The van der Waals surface area contributed by atoms with Crippen LogP contribution >= 0.6 is 23.2 Å². The van der Waals surface area contributed by atoms with E-state index in [2.05, 4.69) is 10.6 Å². The predicted octanol–water partition coefficient (Wildman–Crippen LogP) is 4.10. The highest BCUT2D eigenvalue weighted by molar-refractivity contribution is 6.42. The molecule has 8 heteroatoms. The SMILES string of the molecule is O=C(O)COc1cccc(NC(=O)Nc2ccc(Cl)c(Cl)c2)c1. The number of carbonyl (C=O) groups excluding carboxylic acids is 1. The fourth-order valence-corrected chi connectivity index (χ4v) is 1.97. The molecule has 0 radical (unpaired) electrons. The first-order chi connectivity index (χ1) is 10.9. The molecule has 0 saturated carbocycles. The first kappa shape index (κ1) is 16.9. The van der Waals surface area contributed by atoms with Crippen LogP contribution in [-0.4, -0.2) is 23.7 Å². The van der Waals surface area contributed by atoms with E-state index in [9.17, 15) is 9.59 Å². The molecule has 120 valence electrons. The molecule has 2 aromatic carbocycles. The number of benzene rings is 2. The van der Waals surface area contributed by atoms with E-state index in [1.54, 1.807) is 30.3 Å². The Kier molecular flexibility index (Phi) is 5.67. The summed E-state index contributed by atoms with van der Waals surface area (Å²) in [6.45, 7) is -0.459. The van der Waals surface area contributed by atoms with Crippen molar-refractivity contribution >= 4 is 46.6 Å². The molecule has 0 aliphatic heterocycles. The summed E-state index contributed by atoms with van der Waals surface area (Å²) in [5, 5.41) is 14.5. The van der Waals surface area contributed by atoms with Crippen molar-refractivity contribution in [2.45, 2.75) is 0 Å². The Morgan fingerprint density at radius 1 is 1.00 bits per heavy atom. The van der Waals surface area contributed by atoms with Gasteiger partial charge in [-0.25, -0.2) is 9.59 Å². The molecule has 0 aliphatic carbocycles. The van der Waals surface area contributed by atoms with E-state index in [1.165, 1.54) is 12.1 Å². The molecule has 23 heavy (non-hydrogen) atoms. The average molecular weight is 355 g/mol. The van der Waals surface area contributed by atoms with E-state index < -0.39 is 18.6 Å². The highest BCUT2D eigenvalue weighted by atomic mass is 35.5. The molecular weight excluding hydrogens is 343 g/mol. The Morgan fingerprint density at radius 3 is 2.35 bits per heavy atom. The zero-order valence-corrected chi connectivity index (χ0v) is 13.2. The number of hydrogen-bond donors (Lipinski definition) is 3. The second-order valence-corrected chi connectivity index (χ2v) is 5.23. The third kappa shape index (κ3) is 5.36. The van der Waals surface area contributed by atoms with Crippen LogP contribution in [0.15, 0.2) is 42.5 Å². The lowest BCUT2D eigenvalue weighted by molar-refractivity contribution is -0.139. The summed E-state index contributed by atoms with van der Waals surface area (Å²) < 4.78 is 5.03. The Bertz CT molecular complexity index is 737. The summed E-state index contributed by atoms with van der Waals surface area (Å²) in [6, 6.07) is 10.6. The number of ether oxygens (including phenoxy) is 1. The Hall–Kier alpha value is -2.44.